The van der Waals surface area contributed by atoms with Gasteiger partial charge in [0, 0.05) is 6.61 Å². The van der Waals surface area contributed by atoms with Crippen molar-refractivity contribution in [2.75, 3.05) is 6.61 Å². The molecule has 1 saturated carbocycles. The van der Waals surface area contributed by atoms with Crippen LogP contribution in [0.15, 0.2) is 0 Å². The van der Waals surface area contributed by atoms with Gasteiger partial charge in [0.15, 0.2) is 0 Å². The molecule has 0 aromatic carbocycles. The fourth-order valence-electron chi connectivity index (χ4n) is 2.24. The summed E-state index contributed by atoms with van der Waals surface area (Å²) in [5.74, 6) is 2.27. The highest BCUT2D eigenvalue weighted by molar-refractivity contribution is 6.11. The second-order valence-corrected chi connectivity index (χ2v) is 3.69. The fraction of sp³-hybridized carbons (Fsp3) is 1.00. The van der Waals surface area contributed by atoms with Gasteiger partial charge in [0.1, 0.15) is 7.85 Å². The van der Waals surface area contributed by atoms with Crippen molar-refractivity contribution in [3.63, 3.8) is 0 Å². The molecule has 1 unspecified atom stereocenters. The molecule has 1 N–H and O–H groups in total. The van der Waals surface area contributed by atoms with E-state index in [1.165, 1.54) is 19.3 Å². The van der Waals surface area contributed by atoms with Crippen LogP contribution in [-0.2, 0) is 0 Å². The molecular weight excluding hydrogens is 123 g/mol. The van der Waals surface area contributed by atoms with Gasteiger partial charge in [0.25, 0.3) is 0 Å². The summed E-state index contributed by atoms with van der Waals surface area (Å²) in [4.78, 5) is 0. The molecule has 2 heteroatoms. The van der Waals surface area contributed by atoms with E-state index >= 15 is 0 Å². The lowest BCUT2D eigenvalue weighted by atomic mass is 9.85. The first kappa shape index (κ1) is 8.12. The summed E-state index contributed by atoms with van der Waals surface area (Å²) in [6.45, 7) is 2.63. The van der Waals surface area contributed by atoms with Gasteiger partial charge < -0.3 is 5.11 Å². The zero-order valence-corrected chi connectivity index (χ0v) is 7.01. The number of aliphatic hydroxyl groups excluding tert-OH is 1. The molecule has 0 bridgehead atoms. The molecule has 0 aliphatic heterocycles. The van der Waals surface area contributed by atoms with Crippen LogP contribution in [0.1, 0.15) is 26.2 Å². The Labute approximate surface area is 64.2 Å². The number of aliphatic hydroxyl groups is 1. The Balaban J connectivity index is 2.41. The quantitative estimate of drug-likeness (QED) is 0.563. The Morgan fingerprint density at radius 2 is 2.00 bits per heavy atom. The number of rotatable bonds is 2. The van der Waals surface area contributed by atoms with Crippen molar-refractivity contribution in [3.05, 3.63) is 0 Å². The van der Waals surface area contributed by atoms with E-state index < -0.39 is 0 Å². The van der Waals surface area contributed by atoms with Gasteiger partial charge in [-0.05, 0) is 11.8 Å². The molecule has 3 atom stereocenters. The Morgan fingerprint density at radius 3 is 2.40 bits per heavy atom. The van der Waals surface area contributed by atoms with Gasteiger partial charge in [0.05, 0.1) is 0 Å². The van der Waals surface area contributed by atoms with Gasteiger partial charge in [-0.3, -0.25) is 0 Å². The van der Waals surface area contributed by atoms with Crippen LogP contribution in [0, 0.1) is 11.8 Å². The molecule has 0 radical (unpaired) electrons. The van der Waals surface area contributed by atoms with Crippen LogP contribution in [0.2, 0.25) is 5.82 Å². The largest absolute Gasteiger partial charge is 0.396 e. The van der Waals surface area contributed by atoms with Crippen LogP contribution in [0.3, 0.4) is 0 Å². The van der Waals surface area contributed by atoms with Gasteiger partial charge in [-0.2, -0.15) is 0 Å². The zero-order chi connectivity index (χ0) is 7.56. The van der Waals surface area contributed by atoms with E-state index in [-0.39, 0.29) is 0 Å². The molecule has 1 aliphatic carbocycles. The average molecular weight is 140 g/mol. The first-order valence-electron chi connectivity index (χ1n) is 4.38. The molecule has 58 valence electrons. The molecule has 0 aromatic heterocycles. The minimum absolute atomic E-state index is 0.406. The molecule has 1 nitrogen and oxygen atoms in total. The van der Waals surface area contributed by atoms with Gasteiger partial charge in [-0.15, -0.1) is 0 Å². The first-order valence-corrected chi connectivity index (χ1v) is 4.38. The van der Waals surface area contributed by atoms with E-state index in [1.807, 2.05) is 0 Å². The summed E-state index contributed by atoms with van der Waals surface area (Å²) >= 11 is 0. The molecule has 0 amide bonds. The molecule has 1 aliphatic rings. The highest BCUT2D eigenvalue weighted by Gasteiger charge is 2.29. The first-order chi connectivity index (χ1) is 4.77. The zero-order valence-electron chi connectivity index (χ0n) is 7.01. The topological polar surface area (TPSA) is 20.2 Å². The highest BCUT2D eigenvalue weighted by Crippen LogP contribution is 2.39. The van der Waals surface area contributed by atoms with Gasteiger partial charge in [-0.25, -0.2) is 0 Å². The third kappa shape index (κ3) is 1.54. The minimum Gasteiger partial charge on any atom is -0.396 e. The van der Waals surface area contributed by atoms with E-state index in [0.717, 1.165) is 11.7 Å². The van der Waals surface area contributed by atoms with Crippen LogP contribution in [0.5, 0.6) is 0 Å². The van der Waals surface area contributed by atoms with E-state index in [2.05, 4.69) is 14.8 Å². The maximum Gasteiger partial charge on any atom is 0.105 e. The molecule has 1 rings (SSSR count). The van der Waals surface area contributed by atoms with Crippen molar-refractivity contribution >= 4 is 7.85 Å². The predicted octanol–water partition coefficient (Wildman–Crippen LogP) is 0.837. The second kappa shape index (κ2) is 3.43. The van der Waals surface area contributed by atoms with Crippen LogP contribution in [0.4, 0.5) is 0 Å². The molecular formula is C8H17BO. The normalized spacial score (nSPS) is 40.4. The lowest BCUT2D eigenvalue weighted by Gasteiger charge is -2.13. The summed E-state index contributed by atoms with van der Waals surface area (Å²) in [7, 11) is 2.29. The minimum atomic E-state index is 0.406. The second-order valence-electron chi connectivity index (χ2n) is 3.69. The van der Waals surface area contributed by atoms with Crippen molar-refractivity contribution in [2.45, 2.75) is 32.0 Å². The Kier molecular flexibility index (Phi) is 2.78. The third-order valence-electron chi connectivity index (χ3n) is 2.84. The summed E-state index contributed by atoms with van der Waals surface area (Å²) in [5, 5.41) is 8.99. The average Bonchev–Trinajstić information content (AvgIpc) is 2.30. The standard InChI is InChI=1S/C8H17BO/c1-2-6-3-8(9)4-7(6)5-10/h6-8,10H,2-5,9H2,1H3/t6?,7-,8-/m0/s1. The number of hydrogen-bond acceptors (Lipinski definition) is 1. The van der Waals surface area contributed by atoms with Crippen molar-refractivity contribution in [3.8, 4) is 0 Å². The highest BCUT2D eigenvalue weighted by atomic mass is 16.3. The van der Waals surface area contributed by atoms with Crippen molar-refractivity contribution in [1.82, 2.24) is 0 Å². The van der Waals surface area contributed by atoms with Crippen LogP contribution < -0.4 is 0 Å². The molecule has 0 spiro atoms. The van der Waals surface area contributed by atoms with Gasteiger partial charge in [-0.1, -0.05) is 32.0 Å². The predicted molar refractivity (Wildman–Crippen MR) is 45.9 cm³/mol. The summed E-state index contributed by atoms with van der Waals surface area (Å²) < 4.78 is 0. The lowest BCUT2D eigenvalue weighted by Crippen LogP contribution is -2.10. The summed E-state index contributed by atoms with van der Waals surface area (Å²) in [5.41, 5.74) is 0. The van der Waals surface area contributed by atoms with Crippen molar-refractivity contribution in [2.24, 2.45) is 11.8 Å². The van der Waals surface area contributed by atoms with E-state index in [9.17, 15) is 0 Å². The van der Waals surface area contributed by atoms with E-state index in [1.54, 1.807) is 0 Å². The van der Waals surface area contributed by atoms with E-state index in [0.29, 0.717) is 12.5 Å². The molecule has 1 fully saturated rings. The molecule has 0 aromatic rings. The Bertz CT molecular complexity index is 93.4. The Hall–Kier alpha value is 0.0249. The Morgan fingerprint density at radius 1 is 1.40 bits per heavy atom. The molecule has 0 saturated heterocycles. The molecule has 0 heterocycles. The van der Waals surface area contributed by atoms with Crippen LogP contribution >= 0.6 is 0 Å². The monoisotopic (exact) mass is 140 g/mol. The fourth-order valence-corrected chi connectivity index (χ4v) is 2.24. The van der Waals surface area contributed by atoms with Crippen LogP contribution in [-0.4, -0.2) is 19.6 Å². The van der Waals surface area contributed by atoms with Gasteiger partial charge in [0.2, 0.25) is 0 Å². The van der Waals surface area contributed by atoms with Gasteiger partial charge >= 0.3 is 0 Å². The SMILES string of the molecule is B[C@H]1CC(CC)[C@H](CO)C1. The summed E-state index contributed by atoms with van der Waals surface area (Å²) in [6, 6.07) is 0. The van der Waals surface area contributed by atoms with Crippen molar-refractivity contribution in [1.29, 1.82) is 0 Å². The molecule has 10 heavy (non-hydrogen) atoms. The maximum absolute atomic E-state index is 8.99. The maximum atomic E-state index is 8.99. The summed E-state index contributed by atoms with van der Waals surface area (Å²) in [6.07, 6.45) is 3.83. The number of hydrogen-bond donors (Lipinski definition) is 1. The lowest BCUT2D eigenvalue weighted by molar-refractivity contribution is 0.192. The third-order valence-corrected chi connectivity index (χ3v) is 2.84. The smallest absolute Gasteiger partial charge is 0.105 e. The van der Waals surface area contributed by atoms with E-state index in [4.69, 9.17) is 5.11 Å². The van der Waals surface area contributed by atoms with Crippen molar-refractivity contribution < 1.29 is 5.11 Å². The van der Waals surface area contributed by atoms with Crippen LogP contribution in [0.25, 0.3) is 0 Å².